The maximum absolute atomic E-state index is 13.3. The number of rotatable bonds is 6. The van der Waals surface area contributed by atoms with E-state index in [-0.39, 0.29) is 41.3 Å². The molecule has 180 valence electrons. The predicted octanol–water partition coefficient (Wildman–Crippen LogP) is 3.96. The van der Waals surface area contributed by atoms with Gasteiger partial charge in [-0.1, -0.05) is 0 Å². The molecular weight excluding hydrogens is 453 g/mol. The van der Waals surface area contributed by atoms with Gasteiger partial charge in [0.2, 0.25) is 5.89 Å². The Morgan fingerprint density at radius 3 is 2.71 bits per heavy atom. The van der Waals surface area contributed by atoms with Crippen LogP contribution in [-0.2, 0) is 17.5 Å². The zero-order valence-electron chi connectivity index (χ0n) is 18.6. The molecule has 4 rings (SSSR count). The first-order valence-corrected chi connectivity index (χ1v) is 10.8. The largest absolute Gasteiger partial charge is 0.489 e. The number of fused-ring (bicyclic) bond motifs is 1. The predicted molar refractivity (Wildman–Crippen MR) is 116 cm³/mol. The van der Waals surface area contributed by atoms with Crippen LogP contribution in [-0.4, -0.2) is 45.8 Å². The zero-order chi connectivity index (χ0) is 24.6. The van der Waals surface area contributed by atoms with Crippen molar-refractivity contribution in [3.8, 4) is 17.2 Å². The molecular formula is C23H23F3N4O4. The second kappa shape index (κ2) is 9.05. The van der Waals surface area contributed by atoms with Crippen molar-refractivity contribution < 1.29 is 31.9 Å². The van der Waals surface area contributed by atoms with Gasteiger partial charge in [-0.25, -0.2) is 9.97 Å². The monoisotopic (exact) mass is 476 g/mol. The van der Waals surface area contributed by atoms with Crippen molar-refractivity contribution >= 4 is 23.1 Å². The van der Waals surface area contributed by atoms with Gasteiger partial charge >= 0.3 is 6.18 Å². The van der Waals surface area contributed by atoms with Crippen LogP contribution >= 0.6 is 0 Å². The molecule has 1 aliphatic heterocycles. The number of pyridine rings is 1. The second-order valence-electron chi connectivity index (χ2n) is 8.21. The lowest BCUT2D eigenvalue weighted by Gasteiger charge is -2.19. The number of nitrogens with two attached hydrogens (primary N) is 1. The minimum absolute atomic E-state index is 0.00769. The summed E-state index contributed by atoms with van der Waals surface area (Å²) in [6, 6.07) is 4.66. The average Bonchev–Trinajstić information content (AvgIpc) is 3.44. The van der Waals surface area contributed by atoms with Crippen LogP contribution in [0.1, 0.15) is 48.6 Å². The molecule has 2 N–H and O–H groups in total. The van der Waals surface area contributed by atoms with E-state index in [1.54, 1.807) is 19.9 Å². The van der Waals surface area contributed by atoms with Gasteiger partial charge in [0, 0.05) is 17.5 Å². The Morgan fingerprint density at radius 1 is 1.29 bits per heavy atom. The number of aldehydes is 1. The molecule has 0 unspecified atom stereocenters. The summed E-state index contributed by atoms with van der Waals surface area (Å²) in [5.74, 6) is -0.181. The van der Waals surface area contributed by atoms with Gasteiger partial charge in [0.15, 0.2) is 11.5 Å². The van der Waals surface area contributed by atoms with E-state index in [2.05, 4.69) is 9.97 Å². The highest BCUT2D eigenvalue weighted by atomic mass is 19.4. The summed E-state index contributed by atoms with van der Waals surface area (Å²) in [4.78, 5) is 33.9. The Kier molecular flexibility index (Phi) is 6.30. The Labute approximate surface area is 192 Å². The molecule has 0 saturated carbocycles. The van der Waals surface area contributed by atoms with E-state index in [9.17, 15) is 22.8 Å². The molecule has 1 saturated heterocycles. The van der Waals surface area contributed by atoms with Crippen LogP contribution in [0.4, 0.5) is 13.2 Å². The van der Waals surface area contributed by atoms with Gasteiger partial charge in [0.25, 0.3) is 5.91 Å². The molecule has 0 bridgehead atoms. The molecule has 3 heterocycles. The summed E-state index contributed by atoms with van der Waals surface area (Å²) in [5.41, 5.74) is 5.00. The molecule has 0 aliphatic carbocycles. The number of carbonyl (C=O) groups is 2. The first-order valence-electron chi connectivity index (χ1n) is 10.8. The molecule has 0 spiro atoms. The van der Waals surface area contributed by atoms with Crippen LogP contribution in [0.5, 0.6) is 5.75 Å². The minimum Gasteiger partial charge on any atom is -0.489 e. The van der Waals surface area contributed by atoms with E-state index in [0.717, 1.165) is 12.4 Å². The normalized spacial score (nSPS) is 16.4. The first kappa shape index (κ1) is 23.7. The molecule has 1 aliphatic rings. The highest BCUT2D eigenvalue weighted by Gasteiger charge is 2.34. The van der Waals surface area contributed by atoms with E-state index in [0.29, 0.717) is 30.3 Å². The Balaban J connectivity index is 1.84. The number of hydrogen-bond acceptors (Lipinski definition) is 7. The van der Waals surface area contributed by atoms with E-state index in [1.807, 2.05) is 0 Å². The van der Waals surface area contributed by atoms with Gasteiger partial charge in [-0.15, -0.1) is 0 Å². The van der Waals surface area contributed by atoms with Crippen LogP contribution in [0, 0.1) is 0 Å². The van der Waals surface area contributed by atoms with Crippen molar-refractivity contribution in [2.75, 3.05) is 6.54 Å². The van der Waals surface area contributed by atoms with Crippen molar-refractivity contribution in [1.29, 1.82) is 0 Å². The molecule has 0 radical (unpaired) electrons. The maximum atomic E-state index is 13.3. The molecule has 1 atom stereocenters. The standard InChI is InChI=1S/C23H23F3N4O4/c1-12(2)33-16-7-5-15(14-6-8-18(23(24,25)26)28-19(14)16)21-29-20(17(10-27)34-21)22(32)30-9-3-4-13(30)11-31/h5-8,11-13H,3-4,9-10,27H2,1-2H3/t13-/m0/s1. The van der Waals surface area contributed by atoms with E-state index in [4.69, 9.17) is 14.9 Å². The number of aromatic nitrogens is 2. The molecule has 8 nitrogen and oxygen atoms in total. The van der Waals surface area contributed by atoms with Gasteiger partial charge in [-0.2, -0.15) is 13.2 Å². The molecule has 1 fully saturated rings. The third-order valence-corrected chi connectivity index (χ3v) is 5.51. The number of likely N-dealkylation sites (tertiary alicyclic amines) is 1. The first-order chi connectivity index (χ1) is 16.1. The minimum atomic E-state index is -4.64. The maximum Gasteiger partial charge on any atom is 0.433 e. The van der Waals surface area contributed by atoms with E-state index >= 15 is 0 Å². The number of halogens is 3. The third kappa shape index (κ3) is 4.35. The molecule has 34 heavy (non-hydrogen) atoms. The van der Waals surface area contributed by atoms with E-state index < -0.39 is 23.8 Å². The highest BCUT2D eigenvalue weighted by molar-refractivity contribution is 5.98. The summed E-state index contributed by atoms with van der Waals surface area (Å²) in [5, 5.41) is 0.307. The van der Waals surface area contributed by atoms with Gasteiger partial charge in [0.1, 0.15) is 23.2 Å². The smallest absolute Gasteiger partial charge is 0.433 e. The summed E-state index contributed by atoms with van der Waals surface area (Å²) in [6.45, 7) is 3.77. The summed E-state index contributed by atoms with van der Waals surface area (Å²) >= 11 is 0. The lowest BCUT2D eigenvalue weighted by molar-refractivity contribution is -0.141. The number of carbonyl (C=O) groups excluding carboxylic acids is 2. The third-order valence-electron chi connectivity index (χ3n) is 5.51. The van der Waals surface area contributed by atoms with Crippen LogP contribution in [0.25, 0.3) is 22.4 Å². The summed E-state index contributed by atoms with van der Waals surface area (Å²) < 4.78 is 51.4. The van der Waals surface area contributed by atoms with Gasteiger partial charge in [-0.3, -0.25) is 4.79 Å². The van der Waals surface area contributed by atoms with E-state index in [1.165, 1.54) is 17.0 Å². The van der Waals surface area contributed by atoms with Gasteiger partial charge in [-0.05, 0) is 51.0 Å². The fourth-order valence-corrected chi connectivity index (χ4v) is 3.98. The Bertz CT molecular complexity index is 1240. The molecule has 1 amide bonds. The average molecular weight is 476 g/mol. The topological polar surface area (TPSA) is 112 Å². The number of nitrogens with zero attached hydrogens (tertiary/aromatic N) is 3. The zero-order valence-corrected chi connectivity index (χ0v) is 18.6. The lowest BCUT2D eigenvalue weighted by Crippen LogP contribution is -2.37. The number of benzene rings is 1. The van der Waals surface area contributed by atoms with Crippen molar-refractivity contribution in [3.05, 3.63) is 41.4 Å². The van der Waals surface area contributed by atoms with Crippen LogP contribution in [0.3, 0.4) is 0 Å². The van der Waals surface area contributed by atoms with Gasteiger partial charge < -0.3 is 24.6 Å². The lowest BCUT2D eigenvalue weighted by atomic mass is 10.1. The number of alkyl halides is 3. The number of hydrogen-bond donors (Lipinski definition) is 1. The van der Waals surface area contributed by atoms with Crippen LogP contribution in [0.2, 0.25) is 0 Å². The number of amides is 1. The fraction of sp³-hybridized carbons (Fsp3) is 0.391. The molecule has 2 aromatic heterocycles. The highest BCUT2D eigenvalue weighted by Crippen LogP contribution is 2.37. The second-order valence-corrected chi connectivity index (χ2v) is 8.21. The van der Waals surface area contributed by atoms with Crippen LogP contribution in [0.15, 0.2) is 28.7 Å². The molecule has 3 aromatic rings. The van der Waals surface area contributed by atoms with Crippen LogP contribution < -0.4 is 10.5 Å². The summed E-state index contributed by atoms with van der Waals surface area (Å²) in [6.07, 6.45) is -2.97. The van der Waals surface area contributed by atoms with Crippen molar-refractivity contribution in [2.24, 2.45) is 5.73 Å². The SMILES string of the molecule is CC(C)Oc1ccc(-c2nc(C(=O)N3CCC[C@H]3C=O)c(CN)o2)c2ccc(C(F)(F)F)nc12. The van der Waals surface area contributed by atoms with Crippen molar-refractivity contribution in [3.63, 3.8) is 0 Å². The summed E-state index contributed by atoms with van der Waals surface area (Å²) in [7, 11) is 0. The quantitative estimate of drug-likeness (QED) is 0.536. The molecule has 11 heteroatoms. The van der Waals surface area contributed by atoms with Gasteiger partial charge in [0.05, 0.1) is 18.7 Å². The number of oxazole rings is 1. The van der Waals surface area contributed by atoms with Crippen molar-refractivity contribution in [2.45, 2.75) is 51.6 Å². The molecule has 1 aromatic carbocycles. The number of ether oxygens (including phenoxy) is 1. The Hall–Kier alpha value is -3.47. The fourth-order valence-electron chi connectivity index (χ4n) is 3.98. The Morgan fingerprint density at radius 2 is 2.06 bits per heavy atom. The van der Waals surface area contributed by atoms with Crippen molar-refractivity contribution in [1.82, 2.24) is 14.9 Å².